The van der Waals surface area contributed by atoms with Crippen LogP contribution in [0.2, 0.25) is 0 Å². The molecule has 4 nitrogen and oxygen atoms in total. The summed E-state index contributed by atoms with van der Waals surface area (Å²) in [5.41, 5.74) is 9.00. The van der Waals surface area contributed by atoms with Gasteiger partial charge in [-0.1, -0.05) is 0 Å². The van der Waals surface area contributed by atoms with Gasteiger partial charge in [-0.2, -0.15) is 13.2 Å². The molecule has 11 heavy (non-hydrogen) atoms. The Morgan fingerprint density at radius 3 is 1.91 bits per heavy atom. The number of carbonyl (C=O) groups is 1. The lowest BCUT2D eigenvalue weighted by molar-refractivity contribution is -0.153. The summed E-state index contributed by atoms with van der Waals surface area (Å²) >= 11 is 0. The highest BCUT2D eigenvalue weighted by Gasteiger charge is 2.37. The van der Waals surface area contributed by atoms with Crippen molar-refractivity contribution in [2.45, 2.75) is 18.6 Å². The number of hydrogen-bond donors (Lipinski definition) is 2. The lowest BCUT2D eigenvalue weighted by atomic mass is 10.2. The monoisotopic (exact) mass is 174 g/mol. The third kappa shape index (κ3) is 5.62. The molecule has 0 rings (SSSR count). The first-order valence-corrected chi connectivity index (χ1v) is 2.44. The van der Waals surface area contributed by atoms with E-state index in [4.69, 9.17) is 0 Å². The van der Waals surface area contributed by atoms with Gasteiger partial charge in [-0.25, -0.2) is 0 Å². The van der Waals surface area contributed by atoms with Crippen LogP contribution in [-0.2, 0) is 4.79 Å². The molecule has 68 valence electrons. The van der Waals surface area contributed by atoms with E-state index in [9.17, 15) is 18.0 Å². The third-order valence-corrected chi connectivity index (χ3v) is 0.842. The Labute approximate surface area is 60.7 Å². The van der Waals surface area contributed by atoms with Crippen molar-refractivity contribution in [2.75, 3.05) is 0 Å². The van der Waals surface area contributed by atoms with Crippen LogP contribution in [0.15, 0.2) is 0 Å². The fourth-order valence-electron chi connectivity index (χ4n) is 0.332. The van der Waals surface area contributed by atoms with Crippen molar-refractivity contribution in [3.05, 3.63) is 0 Å². The maximum Gasteiger partial charge on any atom is 0.404 e. The standard InChI is InChI=1S/C4H7F3N2O.H2O/c5-4(6,7)2(8)1-3(9)10;/h2H,1,8H2,(H2,9,10);1H2. The maximum absolute atomic E-state index is 11.5. The van der Waals surface area contributed by atoms with E-state index in [-0.39, 0.29) is 5.48 Å². The molecule has 1 atom stereocenters. The summed E-state index contributed by atoms with van der Waals surface area (Å²) in [7, 11) is 0. The summed E-state index contributed by atoms with van der Waals surface area (Å²) in [5, 5.41) is 0. The molecule has 0 aromatic heterocycles. The average Bonchev–Trinajstić information content (AvgIpc) is 1.60. The van der Waals surface area contributed by atoms with Crippen molar-refractivity contribution < 1.29 is 23.4 Å². The van der Waals surface area contributed by atoms with Crippen molar-refractivity contribution in [2.24, 2.45) is 11.5 Å². The summed E-state index contributed by atoms with van der Waals surface area (Å²) in [6.07, 6.45) is -5.39. The second-order valence-electron chi connectivity index (χ2n) is 1.82. The summed E-state index contributed by atoms with van der Waals surface area (Å²) in [5.74, 6) is -1.05. The molecule has 0 heterocycles. The summed E-state index contributed by atoms with van der Waals surface area (Å²) < 4.78 is 34.4. The molecule has 0 spiro atoms. The zero-order chi connectivity index (χ0) is 8.36. The molecule has 0 bridgehead atoms. The van der Waals surface area contributed by atoms with E-state index in [1.165, 1.54) is 0 Å². The zero-order valence-corrected chi connectivity index (χ0v) is 5.48. The second-order valence-corrected chi connectivity index (χ2v) is 1.82. The van der Waals surface area contributed by atoms with E-state index in [1.54, 1.807) is 0 Å². The van der Waals surface area contributed by atoms with Gasteiger partial charge in [0.1, 0.15) is 6.04 Å². The third-order valence-electron chi connectivity index (χ3n) is 0.842. The van der Waals surface area contributed by atoms with Crippen molar-refractivity contribution >= 4 is 5.91 Å². The predicted octanol–water partition coefficient (Wildman–Crippen LogP) is -1.07. The molecule has 0 radical (unpaired) electrons. The fourth-order valence-corrected chi connectivity index (χ4v) is 0.332. The predicted molar refractivity (Wildman–Crippen MR) is 31.5 cm³/mol. The Kier molecular flexibility index (Phi) is 4.83. The van der Waals surface area contributed by atoms with Gasteiger partial charge >= 0.3 is 6.18 Å². The number of alkyl halides is 3. The molecule has 0 aromatic rings. The lowest BCUT2D eigenvalue weighted by Crippen LogP contribution is -2.40. The first kappa shape index (κ1) is 12.8. The van der Waals surface area contributed by atoms with Crippen molar-refractivity contribution in [3.8, 4) is 0 Å². The minimum Gasteiger partial charge on any atom is -0.412 e. The topological polar surface area (TPSA) is 101 Å². The van der Waals surface area contributed by atoms with Crippen LogP contribution in [0.3, 0.4) is 0 Å². The van der Waals surface area contributed by atoms with Crippen molar-refractivity contribution in [3.63, 3.8) is 0 Å². The molecule has 0 fully saturated rings. The van der Waals surface area contributed by atoms with Crippen LogP contribution in [0.5, 0.6) is 0 Å². The van der Waals surface area contributed by atoms with Crippen LogP contribution >= 0.6 is 0 Å². The molecule has 0 aliphatic carbocycles. The molecule has 0 aliphatic rings. The van der Waals surface area contributed by atoms with E-state index in [0.29, 0.717) is 0 Å². The van der Waals surface area contributed by atoms with E-state index in [1.807, 2.05) is 0 Å². The van der Waals surface area contributed by atoms with Gasteiger partial charge in [-0.3, -0.25) is 4.79 Å². The first-order chi connectivity index (χ1) is 4.34. The number of nitrogens with two attached hydrogens (primary N) is 2. The quantitative estimate of drug-likeness (QED) is 0.556. The SMILES string of the molecule is NC(=O)CC(N)C(F)(F)F.O. The van der Waals surface area contributed by atoms with Crippen molar-refractivity contribution in [1.29, 1.82) is 0 Å². The minimum absolute atomic E-state index is 0. The average molecular weight is 174 g/mol. The van der Waals surface area contributed by atoms with E-state index >= 15 is 0 Å². The maximum atomic E-state index is 11.5. The number of carbonyl (C=O) groups excluding carboxylic acids is 1. The summed E-state index contributed by atoms with van der Waals surface area (Å²) in [6.45, 7) is 0. The highest BCUT2D eigenvalue weighted by atomic mass is 19.4. The Morgan fingerprint density at radius 1 is 1.45 bits per heavy atom. The van der Waals surface area contributed by atoms with Crippen LogP contribution in [0.1, 0.15) is 6.42 Å². The number of amides is 1. The van der Waals surface area contributed by atoms with Gasteiger partial charge in [0.2, 0.25) is 5.91 Å². The van der Waals surface area contributed by atoms with Crippen LogP contribution < -0.4 is 11.5 Å². The fraction of sp³-hybridized carbons (Fsp3) is 0.750. The number of rotatable bonds is 2. The minimum atomic E-state index is -4.53. The van der Waals surface area contributed by atoms with Gasteiger partial charge in [0, 0.05) is 0 Å². The molecule has 0 aromatic carbocycles. The van der Waals surface area contributed by atoms with Gasteiger partial charge in [-0.15, -0.1) is 0 Å². The van der Waals surface area contributed by atoms with Crippen LogP contribution in [0, 0.1) is 0 Å². The van der Waals surface area contributed by atoms with Gasteiger partial charge in [0.15, 0.2) is 0 Å². The highest BCUT2D eigenvalue weighted by Crippen LogP contribution is 2.19. The van der Waals surface area contributed by atoms with E-state index in [0.717, 1.165) is 0 Å². The summed E-state index contributed by atoms with van der Waals surface area (Å²) in [4.78, 5) is 9.90. The molecule has 6 N–H and O–H groups in total. The molecule has 7 heteroatoms. The number of halogens is 3. The van der Waals surface area contributed by atoms with Gasteiger partial charge in [-0.05, 0) is 0 Å². The van der Waals surface area contributed by atoms with Crippen LogP contribution in [0.25, 0.3) is 0 Å². The Hall–Kier alpha value is -0.820. The molecule has 0 saturated carbocycles. The first-order valence-electron chi connectivity index (χ1n) is 2.44. The van der Waals surface area contributed by atoms with Crippen LogP contribution in [-0.4, -0.2) is 23.6 Å². The Morgan fingerprint density at radius 2 is 1.82 bits per heavy atom. The van der Waals surface area contributed by atoms with E-state index < -0.39 is 24.5 Å². The van der Waals surface area contributed by atoms with Gasteiger partial charge < -0.3 is 16.9 Å². The number of primary amides is 1. The molecule has 1 unspecified atom stereocenters. The second kappa shape index (κ2) is 4.14. The largest absolute Gasteiger partial charge is 0.412 e. The van der Waals surface area contributed by atoms with Crippen molar-refractivity contribution in [1.82, 2.24) is 0 Å². The Balaban J connectivity index is 0. The highest BCUT2D eigenvalue weighted by molar-refractivity contribution is 5.74. The van der Waals surface area contributed by atoms with E-state index in [2.05, 4.69) is 11.5 Å². The van der Waals surface area contributed by atoms with Crippen LogP contribution in [0.4, 0.5) is 13.2 Å². The molecule has 0 aliphatic heterocycles. The normalized spacial score (nSPS) is 13.5. The smallest absolute Gasteiger partial charge is 0.404 e. The molecule has 0 saturated heterocycles. The van der Waals surface area contributed by atoms with Gasteiger partial charge in [0.25, 0.3) is 0 Å². The molecular weight excluding hydrogens is 165 g/mol. The lowest BCUT2D eigenvalue weighted by Gasteiger charge is -2.12. The van der Waals surface area contributed by atoms with Gasteiger partial charge in [0.05, 0.1) is 6.42 Å². The molecular formula is C4H9F3N2O2. The zero-order valence-electron chi connectivity index (χ0n) is 5.48. The number of hydrogen-bond acceptors (Lipinski definition) is 2. The summed E-state index contributed by atoms with van der Waals surface area (Å²) in [6, 6.07) is -2.13. The Bertz CT molecular complexity index is 136. The molecule has 1 amide bonds.